The number of alkyl halides is 3. The average molecular weight is 494 g/mol. The molecule has 0 saturated heterocycles. The second-order valence-electron chi connectivity index (χ2n) is 7.65. The normalized spacial score (nSPS) is 15.7. The van der Waals surface area contributed by atoms with Crippen LogP contribution in [0.1, 0.15) is 24.3 Å². The summed E-state index contributed by atoms with van der Waals surface area (Å²) in [6.45, 7) is -0.761. The molecule has 32 heavy (non-hydrogen) atoms. The first-order valence-corrected chi connectivity index (χ1v) is 11.9. The van der Waals surface area contributed by atoms with Crippen LogP contribution in [-0.2, 0) is 21.1 Å². The van der Waals surface area contributed by atoms with Crippen molar-refractivity contribution in [2.24, 2.45) is 5.41 Å². The molecule has 3 aromatic rings. The monoisotopic (exact) mass is 494 g/mol. The molecule has 14 heteroatoms. The fourth-order valence-corrected chi connectivity index (χ4v) is 6.14. The lowest BCUT2D eigenvalue weighted by Gasteiger charge is -2.12. The molecular formula is C18H18F4N4O4S2. The van der Waals surface area contributed by atoms with E-state index in [1.807, 2.05) is 0 Å². The average Bonchev–Trinajstić information content (AvgIpc) is 3.22. The number of imidazole rings is 1. The molecule has 0 aliphatic heterocycles. The molecule has 1 aliphatic rings. The predicted octanol–water partition coefficient (Wildman–Crippen LogP) is 2.89. The van der Waals surface area contributed by atoms with Gasteiger partial charge in [-0.25, -0.2) is 31.0 Å². The third kappa shape index (κ3) is 3.94. The largest absolute Gasteiger partial charge is 0.383 e. The number of aromatic nitrogens is 4. The molecule has 0 unspecified atom stereocenters. The summed E-state index contributed by atoms with van der Waals surface area (Å²) < 4.78 is 86.9. The van der Waals surface area contributed by atoms with Gasteiger partial charge in [0.05, 0.1) is 36.6 Å². The lowest BCUT2D eigenvalue weighted by molar-refractivity contribution is 0.150. The van der Waals surface area contributed by atoms with Crippen LogP contribution in [-0.4, -0.2) is 53.9 Å². The lowest BCUT2D eigenvalue weighted by Crippen LogP contribution is -2.24. The Kier molecular flexibility index (Phi) is 5.88. The van der Waals surface area contributed by atoms with E-state index in [9.17, 15) is 30.8 Å². The van der Waals surface area contributed by atoms with Gasteiger partial charge in [-0.2, -0.15) is 0 Å². The number of ether oxygens (including phenoxy) is 1. The SMILES string of the molecule is COCCn1c(=O)n(-c2nnc(C(F)F)s2)c2cc(S(=O)(=O)CC3(CF)CC3)c(F)cc21. The molecule has 1 aromatic carbocycles. The molecule has 1 fully saturated rings. The summed E-state index contributed by atoms with van der Waals surface area (Å²) in [6.07, 6.45) is -2.15. The van der Waals surface area contributed by atoms with Crippen molar-refractivity contribution in [3.8, 4) is 5.13 Å². The van der Waals surface area contributed by atoms with Crippen molar-refractivity contribution in [1.82, 2.24) is 19.3 Å². The number of hydrogen-bond acceptors (Lipinski definition) is 7. The van der Waals surface area contributed by atoms with Crippen molar-refractivity contribution < 1.29 is 30.7 Å². The molecule has 1 saturated carbocycles. The summed E-state index contributed by atoms with van der Waals surface area (Å²) in [7, 11) is -2.84. The molecule has 2 aromatic heterocycles. The highest BCUT2D eigenvalue weighted by atomic mass is 32.2. The van der Waals surface area contributed by atoms with E-state index in [0.717, 1.165) is 21.3 Å². The lowest BCUT2D eigenvalue weighted by atomic mass is 10.2. The third-order valence-electron chi connectivity index (χ3n) is 5.38. The molecule has 2 heterocycles. The van der Waals surface area contributed by atoms with Crippen molar-refractivity contribution in [2.45, 2.75) is 30.7 Å². The Balaban J connectivity index is 1.92. The molecule has 0 radical (unpaired) electrons. The van der Waals surface area contributed by atoms with E-state index in [1.165, 1.54) is 7.11 Å². The van der Waals surface area contributed by atoms with Gasteiger partial charge in [-0.3, -0.25) is 8.96 Å². The zero-order chi connectivity index (χ0) is 23.3. The molecule has 174 valence electrons. The molecule has 0 N–H and O–H groups in total. The maximum atomic E-state index is 14.9. The Morgan fingerprint density at radius 3 is 2.53 bits per heavy atom. The van der Waals surface area contributed by atoms with Crippen molar-refractivity contribution >= 4 is 32.2 Å². The molecule has 0 bridgehead atoms. The second-order valence-corrected chi connectivity index (χ2v) is 10.6. The molecular weight excluding hydrogens is 476 g/mol. The van der Waals surface area contributed by atoms with E-state index >= 15 is 0 Å². The van der Waals surface area contributed by atoms with Gasteiger partial charge in [0.25, 0.3) is 6.43 Å². The number of rotatable bonds is 9. The first kappa shape index (κ1) is 22.9. The predicted molar refractivity (Wildman–Crippen MR) is 107 cm³/mol. The van der Waals surface area contributed by atoms with Crippen LogP contribution in [0.5, 0.6) is 0 Å². The van der Waals surface area contributed by atoms with Crippen molar-refractivity contribution in [3.05, 3.63) is 33.4 Å². The van der Waals surface area contributed by atoms with Gasteiger partial charge in [-0.05, 0) is 18.9 Å². The van der Waals surface area contributed by atoms with Crippen LogP contribution in [0.2, 0.25) is 0 Å². The van der Waals surface area contributed by atoms with Crippen LogP contribution in [0.4, 0.5) is 17.6 Å². The van der Waals surface area contributed by atoms with Crippen LogP contribution in [0.3, 0.4) is 0 Å². The topological polar surface area (TPSA) is 96.1 Å². The molecule has 0 amide bonds. The fraction of sp³-hybridized carbons (Fsp3) is 0.500. The standard InChI is InChI=1S/C18H18F4N4O4S2/c1-30-5-4-25-11-6-10(20)13(32(28,29)9-18(8-19)2-3-18)7-12(11)26(17(25)27)16-24-23-15(31-16)14(21)22/h6-7,14H,2-5,8-9H2,1H3. The third-order valence-corrected chi connectivity index (χ3v) is 8.27. The Bertz CT molecular complexity index is 1330. The first-order valence-electron chi connectivity index (χ1n) is 9.47. The molecule has 4 rings (SSSR count). The van der Waals surface area contributed by atoms with E-state index in [1.54, 1.807) is 0 Å². The maximum Gasteiger partial charge on any atom is 0.335 e. The Hall–Kier alpha value is -2.32. The minimum Gasteiger partial charge on any atom is -0.383 e. The highest BCUT2D eigenvalue weighted by Gasteiger charge is 2.47. The van der Waals surface area contributed by atoms with Crippen LogP contribution in [0.15, 0.2) is 21.8 Å². The zero-order valence-electron chi connectivity index (χ0n) is 16.7. The summed E-state index contributed by atoms with van der Waals surface area (Å²) in [6, 6.07) is 1.85. The van der Waals surface area contributed by atoms with Gasteiger partial charge >= 0.3 is 5.69 Å². The molecule has 0 spiro atoms. The van der Waals surface area contributed by atoms with Crippen molar-refractivity contribution in [1.29, 1.82) is 0 Å². The van der Waals surface area contributed by atoms with Crippen LogP contribution < -0.4 is 5.69 Å². The quantitative estimate of drug-likeness (QED) is 0.425. The van der Waals surface area contributed by atoms with E-state index in [0.29, 0.717) is 24.2 Å². The van der Waals surface area contributed by atoms with Gasteiger partial charge in [-0.15, -0.1) is 10.2 Å². The van der Waals surface area contributed by atoms with Gasteiger partial charge in [0.2, 0.25) is 5.13 Å². The van der Waals surface area contributed by atoms with E-state index in [4.69, 9.17) is 4.74 Å². The summed E-state index contributed by atoms with van der Waals surface area (Å²) in [5, 5.41) is 6.14. The Morgan fingerprint density at radius 1 is 1.25 bits per heavy atom. The summed E-state index contributed by atoms with van der Waals surface area (Å²) >= 11 is 0.455. The molecule has 0 atom stereocenters. The van der Waals surface area contributed by atoms with Gasteiger partial charge in [0.1, 0.15) is 10.7 Å². The van der Waals surface area contributed by atoms with Gasteiger partial charge in [-0.1, -0.05) is 11.3 Å². The van der Waals surface area contributed by atoms with Crippen molar-refractivity contribution in [3.63, 3.8) is 0 Å². The first-order chi connectivity index (χ1) is 15.1. The fourth-order valence-electron chi connectivity index (χ4n) is 3.46. The maximum absolute atomic E-state index is 14.9. The number of fused-ring (bicyclic) bond motifs is 1. The van der Waals surface area contributed by atoms with Gasteiger partial charge < -0.3 is 4.74 Å². The number of sulfone groups is 1. The minimum atomic E-state index is -4.23. The van der Waals surface area contributed by atoms with E-state index < -0.39 is 55.5 Å². The molecule has 8 nitrogen and oxygen atoms in total. The number of benzene rings is 1. The number of nitrogens with zero attached hydrogens (tertiary/aromatic N) is 4. The smallest absolute Gasteiger partial charge is 0.335 e. The summed E-state index contributed by atoms with van der Waals surface area (Å²) in [4.78, 5) is 12.3. The van der Waals surface area contributed by atoms with E-state index in [2.05, 4.69) is 10.2 Å². The highest BCUT2D eigenvalue weighted by molar-refractivity contribution is 7.91. The van der Waals surface area contributed by atoms with Crippen LogP contribution in [0.25, 0.3) is 16.2 Å². The Morgan fingerprint density at radius 2 is 1.97 bits per heavy atom. The zero-order valence-corrected chi connectivity index (χ0v) is 18.4. The highest BCUT2D eigenvalue weighted by Crippen LogP contribution is 2.48. The second kappa shape index (κ2) is 8.23. The number of methoxy groups -OCH3 is 1. The molecule has 1 aliphatic carbocycles. The van der Waals surface area contributed by atoms with Crippen LogP contribution in [0, 0.1) is 11.2 Å². The van der Waals surface area contributed by atoms with Crippen LogP contribution >= 0.6 is 11.3 Å². The van der Waals surface area contributed by atoms with E-state index in [-0.39, 0.29) is 29.3 Å². The summed E-state index contributed by atoms with van der Waals surface area (Å²) in [5.74, 6) is -1.66. The number of halogens is 4. The van der Waals surface area contributed by atoms with Gasteiger partial charge in [0.15, 0.2) is 14.8 Å². The Labute approximate surface area is 183 Å². The van der Waals surface area contributed by atoms with Crippen molar-refractivity contribution in [2.75, 3.05) is 26.1 Å². The summed E-state index contributed by atoms with van der Waals surface area (Å²) in [5.41, 5.74) is -1.78. The van der Waals surface area contributed by atoms with Gasteiger partial charge in [0, 0.05) is 18.6 Å². The number of hydrogen-bond donors (Lipinski definition) is 0. The minimum absolute atomic E-state index is 0.00413.